The smallest absolute Gasteiger partial charge is 0.0269 e. The summed E-state index contributed by atoms with van der Waals surface area (Å²) in [6.07, 6.45) is 10.3. The Kier molecular flexibility index (Phi) is 4.42. The average Bonchev–Trinajstić information content (AvgIpc) is 3.22. The van der Waals surface area contributed by atoms with E-state index in [1.165, 1.54) is 64.6 Å². The molecule has 116 valence electrons. The Balaban J connectivity index is 1.63. The van der Waals surface area contributed by atoms with E-state index >= 15 is 0 Å². The van der Waals surface area contributed by atoms with Gasteiger partial charge in [-0.3, -0.25) is 4.90 Å². The Morgan fingerprint density at radius 2 is 1.70 bits per heavy atom. The van der Waals surface area contributed by atoms with E-state index in [0.29, 0.717) is 5.41 Å². The molecule has 1 aliphatic heterocycles. The zero-order chi connectivity index (χ0) is 14.2. The Hall–Kier alpha value is -0.0800. The van der Waals surface area contributed by atoms with Gasteiger partial charge in [-0.1, -0.05) is 40.0 Å². The minimum Gasteiger partial charge on any atom is -0.311 e. The maximum absolute atomic E-state index is 3.93. The third-order valence-electron chi connectivity index (χ3n) is 5.85. The monoisotopic (exact) mass is 278 g/mol. The number of nitrogens with one attached hydrogen (secondary N) is 1. The van der Waals surface area contributed by atoms with E-state index < -0.39 is 0 Å². The zero-order valence-electron chi connectivity index (χ0n) is 13.8. The lowest BCUT2D eigenvalue weighted by molar-refractivity contribution is 0.0343. The Labute approximate surface area is 125 Å². The molecule has 2 nitrogen and oxygen atoms in total. The molecule has 0 amide bonds. The largest absolute Gasteiger partial charge is 0.311 e. The van der Waals surface area contributed by atoms with Crippen LogP contribution in [0.2, 0.25) is 0 Å². The second-order valence-electron chi connectivity index (χ2n) is 8.69. The van der Waals surface area contributed by atoms with Crippen LogP contribution in [0.3, 0.4) is 0 Å². The van der Waals surface area contributed by atoms with E-state index in [4.69, 9.17) is 0 Å². The summed E-state index contributed by atoms with van der Waals surface area (Å²) in [4.78, 5) is 2.85. The molecule has 2 aliphatic carbocycles. The Morgan fingerprint density at radius 3 is 2.30 bits per heavy atom. The molecule has 0 spiro atoms. The number of hydrogen-bond donors (Lipinski definition) is 1. The standard InChI is InChI=1S/C18H34N2/c1-18(2,3)17-11-19-16(15-7-5-4-6-8-15)13-20(17)12-14-9-10-14/h14-17,19H,4-13H2,1-3H3. The van der Waals surface area contributed by atoms with Crippen molar-refractivity contribution in [3.8, 4) is 0 Å². The van der Waals surface area contributed by atoms with Crippen LogP contribution < -0.4 is 5.32 Å². The summed E-state index contributed by atoms with van der Waals surface area (Å²) in [5.41, 5.74) is 0.402. The molecule has 0 aromatic rings. The van der Waals surface area contributed by atoms with Crippen molar-refractivity contribution in [2.75, 3.05) is 19.6 Å². The summed E-state index contributed by atoms with van der Waals surface area (Å²) in [6, 6.07) is 1.50. The normalized spacial score (nSPS) is 34.4. The zero-order valence-corrected chi connectivity index (χ0v) is 13.8. The Morgan fingerprint density at radius 1 is 1.00 bits per heavy atom. The summed E-state index contributed by atoms with van der Waals surface area (Å²) < 4.78 is 0. The van der Waals surface area contributed by atoms with Gasteiger partial charge in [0.2, 0.25) is 0 Å². The molecule has 0 aromatic carbocycles. The van der Waals surface area contributed by atoms with Crippen LogP contribution >= 0.6 is 0 Å². The molecule has 2 atom stereocenters. The fourth-order valence-corrected chi connectivity index (χ4v) is 4.38. The molecule has 20 heavy (non-hydrogen) atoms. The molecule has 2 saturated carbocycles. The highest BCUT2D eigenvalue weighted by Crippen LogP contribution is 2.36. The first-order valence-electron chi connectivity index (χ1n) is 9.01. The van der Waals surface area contributed by atoms with Crippen LogP contribution in [-0.2, 0) is 0 Å². The van der Waals surface area contributed by atoms with E-state index in [1.807, 2.05) is 0 Å². The van der Waals surface area contributed by atoms with Gasteiger partial charge in [0.15, 0.2) is 0 Å². The average molecular weight is 278 g/mol. The number of hydrogen-bond acceptors (Lipinski definition) is 2. The summed E-state index contributed by atoms with van der Waals surface area (Å²) in [5, 5.41) is 3.93. The first kappa shape index (κ1) is 14.8. The summed E-state index contributed by atoms with van der Waals surface area (Å²) in [6.45, 7) is 11.1. The Bertz CT molecular complexity index is 310. The summed E-state index contributed by atoms with van der Waals surface area (Å²) in [7, 11) is 0. The molecule has 0 radical (unpaired) electrons. The number of rotatable bonds is 3. The highest BCUT2D eigenvalue weighted by molar-refractivity contribution is 4.96. The highest BCUT2D eigenvalue weighted by Gasteiger charge is 2.39. The van der Waals surface area contributed by atoms with Crippen molar-refractivity contribution in [1.82, 2.24) is 10.2 Å². The van der Waals surface area contributed by atoms with E-state index in [0.717, 1.165) is 23.9 Å². The number of piperazine rings is 1. The summed E-state index contributed by atoms with van der Waals surface area (Å²) >= 11 is 0. The lowest BCUT2D eigenvalue weighted by Gasteiger charge is -2.48. The topological polar surface area (TPSA) is 15.3 Å². The fraction of sp³-hybridized carbons (Fsp3) is 1.00. The van der Waals surface area contributed by atoms with Crippen LogP contribution in [0.4, 0.5) is 0 Å². The lowest BCUT2D eigenvalue weighted by Crippen LogP contribution is -2.62. The molecule has 0 aromatic heterocycles. The van der Waals surface area contributed by atoms with Crippen molar-refractivity contribution >= 4 is 0 Å². The number of nitrogens with zero attached hydrogens (tertiary/aromatic N) is 1. The van der Waals surface area contributed by atoms with E-state index in [2.05, 4.69) is 31.0 Å². The van der Waals surface area contributed by atoms with Gasteiger partial charge in [0.25, 0.3) is 0 Å². The maximum Gasteiger partial charge on any atom is 0.0269 e. The second kappa shape index (κ2) is 5.96. The van der Waals surface area contributed by atoms with Crippen LogP contribution in [0.5, 0.6) is 0 Å². The van der Waals surface area contributed by atoms with Crippen molar-refractivity contribution < 1.29 is 0 Å². The second-order valence-corrected chi connectivity index (χ2v) is 8.69. The molecule has 0 bridgehead atoms. The first-order valence-corrected chi connectivity index (χ1v) is 9.01. The van der Waals surface area contributed by atoms with Gasteiger partial charge in [0.1, 0.15) is 0 Å². The predicted octanol–water partition coefficient (Wildman–Crippen LogP) is 3.67. The highest BCUT2D eigenvalue weighted by atomic mass is 15.2. The van der Waals surface area contributed by atoms with Gasteiger partial charge >= 0.3 is 0 Å². The van der Waals surface area contributed by atoms with E-state index in [-0.39, 0.29) is 0 Å². The SMILES string of the molecule is CC(C)(C)C1CNC(C2CCCCC2)CN1CC1CC1. The van der Waals surface area contributed by atoms with Crippen molar-refractivity contribution in [3.63, 3.8) is 0 Å². The molecule has 1 saturated heterocycles. The van der Waals surface area contributed by atoms with Gasteiger partial charge in [-0.15, -0.1) is 0 Å². The van der Waals surface area contributed by atoms with Crippen molar-refractivity contribution in [2.45, 2.75) is 77.8 Å². The molecule has 1 heterocycles. The molecule has 2 unspecified atom stereocenters. The minimum atomic E-state index is 0.402. The van der Waals surface area contributed by atoms with Crippen LogP contribution in [0, 0.1) is 17.3 Å². The molecule has 1 N–H and O–H groups in total. The molecule has 3 fully saturated rings. The summed E-state index contributed by atoms with van der Waals surface area (Å²) in [5.74, 6) is 1.97. The van der Waals surface area contributed by atoms with Crippen LogP contribution in [-0.4, -0.2) is 36.6 Å². The molecule has 3 aliphatic rings. The van der Waals surface area contributed by atoms with Gasteiger partial charge in [-0.25, -0.2) is 0 Å². The molecule has 3 rings (SSSR count). The van der Waals surface area contributed by atoms with Gasteiger partial charge in [-0.05, 0) is 42.9 Å². The van der Waals surface area contributed by atoms with Gasteiger partial charge in [-0.2, -0.15) is 0 Å². The molecular formula is C18H34N2. The van der Waals surface area contributed by atoms with E-state index in [9.17, 15) is 0 Å². The van der Waals surface area contributed by atoms with Gasteiger partial charge in [0, 0.05) is 31.7 Å². The first-order chi connectivity index (χ1) is 9.54. The van der Waals surface area contributed by atoms with Crippen molar-refractivity contribution in [3.05, 3.63) is 0 Å². The fourth-order valence-electron chi connectivity index (χ4n) is 4.38. The maximum atomic E-state index is 3.93. The quantitative estimate of drug-likeness (QED) is 0.847. The van der Waals surface area contributed by atoms with Crippen LogP contribution in [0.25, 0.3) is 0 Å². The molecular weight excluding hydrogens is 244 g/mol. The van der Waals surface area contributed by atoms with Crippen LogP contribution in [0.15, 0.2) is 0 Å². The third kappa shape index (κ3) is 3.57. The van der Waals surface area contributed by atoms with Crippen LogP contribution in [0.1, 0.15) is 65.7 Å². The van der Waals surface area contributed by atoms with Gasteiger partial charge < -0.3 is 5.32 Å². The molecule has 2 heteroatoms. The lowest BCUT2D eigenvalue weighted by atomic mass is 9.79. The predicted molar refractivity (Wildman–Crippen MR) is 85.9 cm³/mol. The van der Waals surface area contributed by atoms with E-state index in [1.54, 1.807) is 0 Å². The van der Waals surface area contributed by atoms with Crippen molar-refractivity contribution in [1.29, 1.82) is 0 Å². The van der Waals surface area contributed by atoms with Gasteiger partial charge in [0.05, 0.1) is 0 Å². The minimum absolute atomic E-state index is 0.402. The third-order valence-corrected chi connectivity index (χ3v) is 5.85. The van der Waals surface area contributed by atoms with Crippen molar-refractivity contribution in [2.24, 2.45) is 17.3 Å².